The van der Waals surface area contributed by atoms with Gasteiger partial charge in [0.05, 0.1) is 17.9 Å². The second kappa shape index (κ2) is 9.71. The summed E-state index contributed by atoms with van der Waals surface area (Å²) in [5, 5.41) is 11.0. The molecule has 3 aromatic carbocycles. The lowest BCUT2D eigenvalue weighted by atomic mass is 9.83. The predicted molar refractivity (Wildman–Crippen MR) is 123 cm³/mol. The van der Waals surface area contributed by atoms with Gasteiger partial charge in [-0.3, -0.25) is 4.79 Å². The van der Waals surface area contributed by atoms with Crippen LogP contribution in [0.3, 0.4) is 0 Å². The number of fused-ring (bicyclic) bond motifs is 1. The predicted octanol–water partition coefficient (Wildman–Crippen LogP) is 4.41. The van der Waals surface area contributed by atoms with Crippen LogP contribution in [-0.2, 0) is 14.8 Å². The third-order valence-corrected chi connectivity index (χ3v) is 8.13. The van der Waals surface area contributed by atoms with Gasteiger partial charge in [-0.1, -0.05) is 54.6 Å². The number of aliphatic carboxylic acids is 1. The lowest BCUT2D eigenvalue weighted by Gasteiger charge is -2.35. The summed E-state index contributed by atoms with van der Waals surface area (Å²) in [5.41, 5.74) is 0. The van der Waals surface area contributed by atoms with Gasteiger partial charge in [-0.2, -0.15) is 4.31 Å². The van der Waals surface area contributed by atoms with E-state index in [0.29, 0.717) is 43.2 Å². The maximum atomic E-state index is 13.4. The van der Waals surface area contributed by atoms with Crippen LogP contribution in [0.25, 0.3) is 10.8 Å². The number of sulfonamides is 1. The molecule has 1 atom stereocenters. The number of para-hydroxylation sites is 1. The molecule has 1 saturated heterocycles. The Labute approximate surface area is 188 Å². The van der Waals surface area contributed by atoms with Crippen molar-refractivity contribution < 1.29 is 23.1 Å². The maximum Gasteiger partial charge on any atom is 0.303 e. The number of nitrogens with zero attached hydrogens (tertiary/aromatic N) is 1. The van der Waals surface area contributed by atoms with Crippen molar-refractivity contribution in [1.29, 1.82) is 0 Å². The smallest absolute Gasteiger partial charge is 0.303 e. The van der Waals surface area contributed by atoms with Crippen molar-refractivity contribution in [3.8, 4) is 5.75 Å². The molecule has 1 aliphatic heterocycles. The molecule has 0 spiro atoms. The van der Waals surface area contributed by atoms with E-state index in [1.165, 1.54) is 4.31 Å². The number of carbonyl (C=O) groups is 1. The van der Waals surface area contributed by atoms with Gasteiger partial charge < -0.3 is 9.84 Å². The Balaban J connectivity index is 1.46. The summed E-state index contributed by atoms with van der Waals surface area (Å²) in [6, 6.07) is 22.1. The van der Waals surface area contributed by atoms with Gasteiger partial charge in [0.2, 0.25) is 10.0 Å². The summed E-state index contributed by atoms with van der Waals surface area (Å²) < 4.78 is 34.1. The molecule has 7 heteroatoms. The molecular weight excluding hydrogens is 426 g/mol. The van der Waals surface area contributed by atoms with E-state index in [1.54, 1.807) is 12.1 Å². The zero-order chi connectivity index (χ0) is 22.6. The van der Waals surface area contributed by atoms with Crippen molar-refractivity contribution in [2.75, 3.05) is 19.7 Å². The highest BCUT2D eigenvalue weighted by molar-refractivity contribution is 7.89. The standard InChI is InChI=1S/C25H27NO5S/c27-25(28)17-21(18-31-22-9-2-1-3-10-22)19-13-15-26(16-14-19)32(29,30)24-12-6-8-20-7-4-5-11-23(20)24/h1-12,19,21H,13-18H2,(H,27,28). The highest BCUT2D eigenvalue weighted by Crippen LogP contribution is 2.32. The molecule has 1 N–H and O–H groups in total. The largest absolute Gasteiger partial charge is 0.493 e. The molecule has 0 aromatic heterocycles. The fourth-order valence-corrected chi connectivity index (χ4v) is 6.14. The average Bonchev–Trinajstić information content (AvgIpc) is 2.82. The molecular formula is C25H27NO5S. The number of hydrogen-bond acceptors (Lipinski definition) is 4. The molecule has 32 heavy (non-hydrogen) atoms. The summed E-state index contributed by atoms with van der Waals surface area (Å²) in [5.74, 6) is -0.236. The molecule has 1 aliphatic rings. The Morgan fingerprint density at radius 2 is 1.62 bits per heavy atom. The van der Waals surface area contributed by atoms with Gasteiger partial charge in [0, 0.05) is 24.4 Å². The Morgan fingerprint density at radius 3 is 2.34 bits per heavy atom. The first-order chi connectivity index (χ1) is 15.4. The first-order valence-electron chi connectivity index (χ1n) is 10.8. The fraction of sp³-hybridized carbons (Fsp3) is 0.320. The minimum absolute atomic E-state index is 0.00751. The van der Waals surface area contributed by atoms with Crippen LogP contribution in [0.1, 0.15) is 19.3 Å². The molecule has 3 aromatic rings. The fourth-order valence-electron chi connectivity index (χ4n) is 4.45. The van der Waals surface area contributed by atoms with Crippen LogP contribution in [0.5, 0.6) is 5.75 Å². The van der Waals surface area contributed by atoms with Gasteiger partial charge in [0.15, 0.2) is 0 Å². The average molecular weight is 454 g/mol. The van der Waals surface area contributed by atoms with E-state index in [9.17, 15) is 18.3 Å². The van der Waals surface area contributed by atoms with Gasteiger partial charge in [0.25, 0.3) is 0 Å². The number of rotatable bonds is 8. The van der Waals surface area contributed by atoms with E-state index >= 15 is 0 Å². The number of carboxylic acid groups (broad SMARTS) is 1. The molecule has 168 valence electrons. The SMILES string of the molecule is O=C(O)CC(COc1ccccc1)C1CCN(S(=O)(=O)c2cccc3ccccc23)CC1. The lowest BCUT2D eigenvalue weighted by molar-refractivity contribution is -0.139. The molecule has 4 rings (SSSR count). The van der Waals surface area contributed by atoms with Crippen LogP contribution in [0, 0.1) is 11.8 Å². The molecule has 0 amide bonds. The van der Waals surface area contributed by atoms with Crippen molar-refractivity contribution in [2.45, 2.75) is 24.2 Å². The van der Waals surface area contributed by atoms with Gasteiger partial charge in [-0.25, -0.2) is 8.42 Å². The van der Waals surface area contributed by atoms with E-state index in [-0.39, 0.29) is 18.3 Å². The van der Waals surface area contributed by atoms with E-state index in [0.717, 1.165) is 10.8 Å². The molecule has 6 nitrogen and oxygen atoms in total. The minimum atomic E-state index is -3.63. The van der Waals surface area contributed by atoms with Gasteiger partial charge >= 0.3 is 5.97 Å². The topological polar surface area (TPSA) is 83.9 Å². The van der Waals surface area contributed by atoms with Crippen LogP contribution in [0.2, 0.25) is 0 Å². The molecule has 0 bridgehead atoms. The number of hydrogen-bond donors (Lipinski definition) is 1. The Bertz CT molecular complexity index is 1170. The second-order valence-corrected chi connectivity index (χ2v) is 10.1. The van der Waals surface area contributed by atoms with Gasteiger partial charge in [-0.15, -0.1) is 0 Å². The first kappa shape index (κ1) is 22.3. The zero-order valence-corrected chi connectivity index (χ0v) is 18.6. The van der Waals surface area contributed by atoms with Crippen molar-refractivity contribution in [1.82, 2.24) is 4.31 Å². The molecule has 1 fully saturated rings. The molecule has 0 aliphatic carbocycles. The van der Waals surface area contributed by atoms with Crippen LogP contribution >= 0.6 is 0 Å². The third-order valence-electron chi connectivity index (χ3n) is 6.18. The monoisotopic (exact) mass is 453 g/mol. The summed E-state index contributed by atoms with van der Waals surface area (Å²) in [4.78, 5) is 11.8. The molecule has 0 saturated carbocycles. The lowest BCUT2D eigenvalue weighted by Crippen LogP contribution is -2.41. The highest BCUT2D eigenvalue weighted by atomic mass is 32.2. The van der Waals surface area contributed by atoms with E-state index < -0.39 is 16.0 Å². The summed E-state index contributed by atoms with van der Waals surface area (Å²) in [6.45, 7) is 1.05. The number of ether oxygens (including phenoxy) is 1. The van der Waals surface area contributed by atoms with E-state index in [1.807, 2.05) is 60.7 Å². The number of benzene rings is 3. The number of piperidine rings is 1. The normalized spacial score (nSPS) is 16.6. The number of carboxylic acids is 1. The van der Waals surface area contributed by atoms with Gasteiger partial charge in [0.1, 0.15) is 5.75 Å². The van der Waals surface area contributed by atoms with Crippen LogP contribution in [0.15, 0.2) is 77.7 Å². The zero-order valence-electron chi connectivity index (χ0n) is 17.8. The van der Waals surface area contributed by atoms with Crippen LogP contribution in [0.4, 0.5) is 0 Å². The molecule has 1 heterocycles. The van der Waals surface area contributed by atoms with Crippen LogP contribution in [-0.4, -0.2) is 43.5 Å². The quantitative estimate of drug-likeness (QED) is 0.546. The Morgan fingerprint density at radius 1 is 0.969 bits per heavy atom. The summed E-state index contributed by atoms with van der Waals surface area (Å²) in [7, 11) is -3.63. The van der Waals surface area contributed by atoms with E-state index in [2.05, 4.69) is 0 Å². The second-order valence-electron chi connectivity index (χ2n) is 8.20. The molecule has 0 radical (unpaired) electrons. The Hall–Kier alpha value is -2.90. The molecule has 1 unspecified atom stereocenters. The van der Waals surface area contributed by atoms with Crippen LogP contribution < -0.4 is 4.74 Å². The van der Waals surface area contributed by atoms with Gasteiger partial charge in [-0.05, 0) is 42.3 Å². The van der Waals surface area contributed by atoms with Crippen molar-refractivity contribution >= 4 is 26.8 Å². The summed E-state index contributed by atoms with van der Waals surface area (Å²) >= 11 is 0. The minimum Gasteiger partial charge on any atom is -0.493 e. The maximum absolute atomic E-state index is 13.4. The highest BCUT2D eigenvalue weighted by Gasteiger charge is 2.34. The first-order valence-corrected chi connectivity index (χ1v) is 12.3. The van der Waals surface area contributed by atoms with E-state index in [4.69, 9.17) is 4.74 Å². The van der Waals surface area contributed by atoms with Crippen molar-refractivity contribution in [2.24, 2.45) is 11.8 Å². The third kappa shape index (κ3) is 4.95. The van der Waals surface area contributed by atoms with Crippen molar-refractivity contribution in [3.05, 3.63) is 72.8 Å². The Kier molecular flexibility index (Phi) is 6.77. The van der Waals surface area contributed by atoms with Crippen molar-refractivity contribution in [3.63, 3.8) is 0 Å². The summed E-state index contributed by atoms with van der Waals surface area (Å²) in [6.07, 6.45) is 1.23.